The van der Waals surface area contributed by atoms with Crippen LogP contribution < -0.4 is 4.74 Å². The maximum atomic E-state index is 12.2. The van der Waals surface area contributed by atoms with Crippen LogP contribution in [0.4, 0.5) is 0 Å². The van der Waals surface area contributed by atoms with Crippen LogP contribution in [0.2, 0.25) is 0 Å². The minimum atomic E-state index is -1.65. The molecule has 2 aromatic rings. The molecular formula is C16H10O11. The zero-order valence-corrected chi connectivity index (χ0v) is 13.0. The summed E-state index contributed by atoms with van der Waals surface area (Å²) in [6, 6.07) is 3.11. The average Bonchev–Trinajstić information content (AvgIpc) is 2.57. The molecule has 0 aliphatic rings. The van der Waals surface area contributed by atoms with Crippen LogP contribution >= 0.6 is 0 Å². The second-order valence-corrected chi connectivity index (χ2v) is 5.00. The molecule has 0 amide bonds. The van der Waals surface area contributed by atoms with E-state index < -0.39 is 69.1 Å². The van der Waals surface area contributed by atoms with Crippen molar-refractivity contribution in [3.8, 4) is 23.0 Å². The third-order valence-corrected chi connectivity index (χ3v) is 3.39. The zero-order chi connectivity index (χ0) is 20.5. The Bertz CT molecular complexity index is 990. The van der Waals surface area contributed by atoms with E-state index in [4.69, 9.17) is 20.1 Å². The van der Waals surface area contributed by atoms with Crippen molar-refractivity contribution in [1.82, 2.24) is 0 Å². The molecule has 27 heavy (non-hydrogen) atoms. The molecule has 0 saturated heterocycles. The van der Waals surface area contributed by atoms with Crippen molar-refractivity contribution in [2.24, 2.45) is 0 Å². The molecule has 0 fully saturated rings. The molecule has 0 spiro atoms. The van der Waals surface area contributed by atoms with Gasteiger partial charge in [-0.15, -0.1) is 0 Å². The van der Waals surface area contributed by atoms with Crippen LogP contribution in [0.3, 0.4) is 0 Å². The van der Waals surface area contributed by atoms with E-state index in [-0.39, 0.29) is 0 Å². The predicted octanol–water partition coefficient (Wildman–Crippen LogP) is 1.12. The van der Waals surface area contributed by atoms with E-state index in [9.17, 15) is 34.5 Å². The molecule has 140 valence electrons. The molecule has 0 unspecified atom stereocenters. The van der Waals surface area contributed by atoms with Crippen LogP contribution in [0, 0.1) is 0 Å². The number of hydrogen-bond donors (Lipinski definition) is 6. The van der Waals surface area contributed by atoms with Crippen LogP contribution in [0.5, 0.6) is 23.0 Å². The first kappa shape index (κ1) is 19.1. The van der Waals surface area contributed by atoms with E-state index in [1.165, 1.54) is 0 Å². The molecule has 0 aliphatic heterocycles. The summed E-state index contributed by atoms with van der Waals surface area (Å²) in [6.07, 6.45) is 0. The van der Waals surface area contributed by atoms with Gasteiger partial charge in [-0.2, -0.15) is 0 Å². The summed E-state index contributed by atoms with van der Waals surface area (Å²) in [5.74, 6) is -10.8. The van der Waals surface area contributed by atoms with Crippen LogP contribution in [0.15, 0.2) is 24.3 Å². The first-order valence-corrected chi connectivity index (χ1v) is 6.89. The number of phenols is 3. The molecule has 0 atom stereocenters. The van der Waals surface area contributed by atoms with Gasteiger partial charge < -0.3 is 35.4 Å². The fourth-order valence-corrected chi connectivity index (χ4v) is 2.08. The van der Waals surface area contributed by atoms with E-state index in [1.807, 2.05) is 0 Å². The van der Waals surface area contributed by atoms with Crippen molar-refractivity contribution in [2.75, 3.05) is 0 Å². The van der Waals surface area contributed by atoms with Gasteiger partial charge in [0.15, 0.2) is 23.0 Å². The molecule has 11 heteroatoms. The van der Waals surface area contributed by atoms with Gasteiger partial charge in [-0.25, -0.2) is 19.2 Å². The number of carbonyl (C=O) groups is 4. The Balaban J connectivity index is 2.54. The molecule has 2 rings (SSSR count). The Labute approximate surface area is 148 Å². The third kappa shape index (κ3) is 3.42. The number of hydrogen-bond acceptors (Lipinski definition) is 8. The Morgan fingerprint density at radius 2 is 0.963 bits per heavy atom. The minimum absolute atomic E-state index is 0.717. The first-order valence-electron chi connectivity index (χ1n) is 6.89. The van der Waals surface area contributed by atoms with Gasteiger partial charge in [0.05, 0.1) is 0 Å². The highest BCUT2D eigenvalue weighted by Gasteiger charge is 2.27. The molecule has 0 radical (unpaired) electrons. The van der Waals surface area contributed by atoms with Gasteiger partial charge in [-0.05, 0) is 24.3 Å². The topological polar surface area (TPSA) is 199 Å². The SMILES string of the molecule is O=C(O)c1ccc(C(=O)Oc2c(C(=O)O)ccc(C(=O)O)c2O)c(O)c1O. The van der Waals surface area contributed by atoms with E-state index in [0.29, 0.717) is 0 Å². The lowest BCUT2D eigenvalue weighted by atomic mass is 10.1. The maximum absolute atomic E-state index is 12.2. The molecular weight excluding hydrogens is 368 g/mol. The second-order valence-electron chi connectivity index (χ2n) is 5.00. The van der Waals surface area contributed by atoms with Crippen LogP contribution in [0.1, 0.15) is 41.4 Å². The van der Waals surface area contributed by atoms with Crippen molar-refractivity contribution in [3.63, 3.8) is 0 Å². The highest BCUT2D eigenvalue weighted by atomic mass is 16.5. The number of aromatic hydroxyl groups is 3. The molecule has 0 saturated carbocycles. The summed E-state index contributed by atoms with van der Waals surface area (Å²) in [5, 5.41) is 56.2. The van der Waals surface area contributed by atoms with Crippen molar-refractivity contribution in [3.05, 3.63) is 46.5 Å². The summed E-state index contributed by atoms with van der Waals surface area (Å²) in [5.41, 5.74) is -2.98. The molecule has 0 bridgehead atoms. The van der Waals surface area contributed by atoms with Gasteiger partial charge >= 0.3 is 23.9 Å². The first-order chi connectivity index (χ1) is 12.6. The quantitative estimate of drug-likeness (QED) is 0.247. The summed E-state index contributed by atoms with van der Waals surface area (Å²) >= 11 is 0. The average molecular weight is 378 g/mol. The van der Waals surface area contributed by atoms with Gasteiger partial charge in [-0.3, -0.25) is 0 Å². The number of carbonyl (C=O) groups excluding carboxylic acids is 1. The predicted molar refractivity (Wildman–Crippen MR) is 83.7 cm³/mol. The van der Waals surface area contributed by atoms with E-state index in [1.54, 1.807) is 0 Å². The number of rotatable bonds is 5. The fourth-order valence-electron chi connectivity index (χ4n) is 2.08. The minimum Gasteiger partial charge on any atom is -0.504 e. The number of ether oxygens (including phenoxy) is 1. The summed E-state index contributed by atoms with van der Waals surface area (Å²) < 4.78 is 4.70. The largest absolute Gasteiger partial charge is 0.504 e. The standard InChI is InChI=1S/C16H10O11/c17-9-5(13(20)21)1-3-7(10(9)18)16(26)27-12-8(15(24)25)4-2-6(11(12)19)14(22)23/h1-4,17-19H,(H,20,21)(H,22,23)(H,24,25). The summed E-state index contributed by atoms with van der Waals surface area (Å²) in [4.78, 5) is 45.3. The molecule has 0 aliphatic carbocycles. The molecule has 6 N–H and O–H groups in total. The number of carboxylic acids is 3. The van der Waals surface area contributed by atoms with Crippen molar-refractivity contribution < 1.29 is 54.6 Å². The van der Waals surface area contributed by atoms with Crippen molar-refractivity contribution in [1.29, 1.82) is 0 Å². The number of benzene rings is 2. The molecule has 0 heterocycles. The number of esters is 1. The van der Waals surface area contributed by atoms with Gasteiger partial charge in [-0.1, -0.05) is 0 Å². The fraction of sp³-hybridized carbons (Fsp3) is 0. The lowest BCUT2D eigenvalue weighted by Crippen LogP contribution is -2.14. The summed E-state index contributed by atoms with van der Waals surface area (Å²) in [6.45, 7) is 0. The van der Waals surface area contributed by atoms with E-state index in [2.05, 4.69) is 0 Å². The number of carboxylic acid groups (broad SMARTS) is 3. The zero-order valence-electron chi connectivity index (χ0n) is 13.0. The maximum Gasteiger partial charge on any atom is 0.347 e. The normalized spacial score (nSPS) is 10.2. The van der Waals surface area contributed by atoms with Gasteiger partial charge in [0.25, 0.3) is 0 Å². The van der Waals surface area contributed by atoms with Crippen LogP contribution in [-0.4, -0.2) is 54.5 Å². The monoisotopic (exact) mass is 378 g/mol. The van der Waals surface area contributed by atoms with Crippen LogP contribution in [0.25, 0.3) is 0 Å². The lowest BCUT2D eigenvalue weighted by molar-refractivity contribution is 0.0653. The number of aromatic carboxylic acids is 3. The van der Waals surface area contributed by atoms with E-state index >= 15 is 0 Å². The Kier molecular flexibility index (Phi) is 4.88. The van der Waals surface area contributed by atoms with Crippen LogP contribution in [-0.2, 0) is 0 Å². The number of phenolic OH excluding ortho intramolecular Hbond substituents is 1. The highest BCUT2D eigenvalue weighted by molar-refractivity contribution is 6.02. The lowest BCUT2D eigenvalue weighted by Gasteiger charge is -2.12. The Morgan fingerprint density at radius 1 is 0.593 bits per heavy atom. The second kappa shape index (κ2) is 6.92. The Morgan fingerprint density at radius 3 is 1.44 bits per heavy atom. The Hall–Kier alpha value is -4.28. The molecule has 2 aromatic carbocycles. The van der Waals surface area contributed by atoms with Gasteiger partial charge in [0, 0.05) is 0 Å². The van der Waals surface area contributed by atoms with Crippen molar-refractivity contribution >= 4 is 23.9 Å². The third-order valence-electron chi connectivity index (χ3n) is 3.39. The summed E-state index contributed by atoms with van der Waals surface area (Å²) in [7, 11) is 0. The molecule has 11 nitrogen and oxygen atoms in total. The van der Waals surface area contributed by atoms with Crippen molar-refractivity contribution in [2.45, 2.75) is 0 Å². The van der Waals surface area contributed by atoms with Gasteiger partial charge in [0.2, 0.25) is 0 Å². The molecule has 0 aromatic heterocycles. The highest BCUT2D eigenvalue weighted by Crippen LogP contribution is 2.37. The smallest absolute Gasteiger partial charge is 0.347 e. The van der Waals surface area contributed by atoms with Gasteiger partial charge in [0.1, 0.15) is 22.3 Å². The van der Waals surface area contributed by atoms with E-state index in [0.717, 1.165) is 24.3 Å².